The first-order valence-corrected chi connectivity index (χ1v) is 16.0. The SMILES string of the molecule is COc1ccc(CN(C(=O)CN(c2cccc(Cl)c2C)S(=O)(=O)c2ccccc2)C(C)C(=O)NC2CCCCC2)cc1. The van der Waals surface area contributed by atoms with Gasteiger partial charge in [-0.2, -0.15) is 0 Å². The third kappa shape index (κ3) is 7.44. The number of carbonyl (C=O) groups is 2. The van der Waals surface area contributed by atoms with E-state index in [0.29, 0.717) is 22.0 Å². The molecule has 0 radical (unpaired) electrons. The van der Waals surface area contributed by atoms with Crippen LogP contribution in [-0.4, -0.2) is 50.9 Å². The molecular formula is C32H38ClN3O5S. The molecule has 0 heterocycles. The fraction of sp³-hybridized carbons (Fsp3) is 0.375. The number of halogens is 1. The Balaban J connectivity index is 1.69. The average Bonchev–Trinajstić information content (AvgIpc) is 3.01. The van der Waals surface area contributed by atoms with E-state index in [2.05, 4.69) is 5.32 Å². The molecule has 8 nitrogen and oxygen atoms in total. The molecule has 42 heavy (non-hydrogen) atoms. The fourth-order valence-corrected chi connectivity index (χ4v) is 6.84. The number of methoxy groups -OCH3 is 1. The minimum Gasteiger partial charge on any atom is -0.497 e. The molecule has 224 valence electrons. The highest BCUT2D eigenvalue weighted by Gasteiger charge is 2.34. The molecule has 1 N–H and O–H groups in total. The van der Waals surface area contributed by atoms with Crippen LogP contribution in [0.1, 0.15) is 50.2 Å². The highest BCUT2D eigenvalue weighted by atomic mass is 35.5. The van der Waals surface area contributed by atoms with Crippen LogP contribution in [0.15, 0.2) is 77.7 Å². The molecule has 1 unspecified atom stereocenters. The summed E-state index contributed by atoms with van der Waals surface area (Å²) >= 11 is 6.39. The summed E-state index contributed by atoms with van der Waals surface area (Å²) in [4.78, 5) is 29.1. The number of ether oxygens (including phenoxy) is 1. The number of hydrogen-bond donors (Lipinski definition) is 1. The van der Waals surface area contributed by atoms with Gasteiger partial charge in [0, 0.05) is 17.6 Å². The summed E-state index contributed by atoms with van der Waals surface area (Å²) in [5, 5.41) is 3.49. The fourth-order valence-electron chi connectivity index (χ4n) is 5.18. The quantitative estimate of drug-likeness (QED) is 0.299. The van der Waals surface area contributed by atoms with Crippen LogP contribution in [0.3, 0.4) is 0 Å². The molecule has 1 atom stereocenters. The first-order chi connectivity index (χ1) is 20.1. The van der Waals surface area contributed by atoms with Crippen LogP contribution in [0.25, 0.3) is 0 Å². The van der Waals surface area contributed by atoms with Crippen molar-refractivity contribution in [2.24, 2.45) is 0 Å². The Hall–Kier alpha value is -3.56. The number of hydrogen-bond acceptors (Lipinski definition) is 5. The Morgan fingerprint density at radius 2 is 1.64 bits per heavy atom. The van der Waals surface area contributed by atoms with Gasteiger partial charge in [-0.1, -0.05) is 67.3 Å². The number of carbonyl (C=O) groups excluding carboxylic acids is 2. The zero-order valence-corrected chi connectivity index (χ0v) is 25.8. The van der Waals surface area contributed by atoms with Crippen LogP contribution in [0.2, 0.25) is 5.02 Å². The predicted molar refractivity (Wildman–Crippen MR) is 165 cm³/mol. The van der Waals surface area contributed by atoms with E-state index in [4.69, 9.17) is 16.3 Å². The Bertz CT molecular complexity index is 1480. The van der Waals surface area contributed by atoms with Crippen LogP contribution < -0.4 is 14.4 Å². The van der Waals surface area contributed by atoms with E-state index in [1.165, 1.54) is 17.0 Å². The molecular weight excluding hydrogens is 574 g/mol. The largest absolute Gasteiger partial charge is 0.497 e. The number of amides is 2. The number of anilines is 1. The topological polar surface area (TPSA) is 96.0 Å². The van der Waals surface area contributed by atoms with Crippen molar-refractivity contribution in [3.05, 3.63) is 88.9 Å². The zero-order chi connectivity index (χ0) is 30.3. The lowest BCUT2D eigenvalue weighted by molar-refractivity contribution is -0.139. The maximum atomic E-state index is 14.1. The number of nitrogens with one attached hydrogen (secondary N) is 1. The van der Waals surface area contributed by atoms with Crippen molar-refractivity contribution in [1.82, 2.24) is 10.2 Å². The van der Waals surface area contributed by atoms with Crippen LogP contribution in [0, 0.1) is 6.92 Å². The first kappa shape index (κ1) is 31.4. The van der Waals surface area contributed by atoms with Crippen LogP contribution >= 0.6 is 11.6 Å². The van der Waals surface area contributed by atoms with Gasteiger partial charge < -0.3 is 15.0 Å². The third-order valence-corrected chi connectivity index (χ3v) is 9.93. The second kappa shape index (κ2) is 14.1. The monoisotopic (exact) mass is 611 g/mol. The van der Waals surface area contributed by atoms with Gasteiger partial charge in [-0.25, -0.2) is 8.42 Å². The van der Waals surface area contributed by atoms with E-state index in [9.17, 15) is 18.0 Å². The van der Waals surface area contributed by atoms with E-state index < -0.39 is 28.5 Å². The van der Waals surface area contributed by atoms with E-state index in [-0.39, 0.29) is 23.4 Å². The van der Waals surface area contributed by atoms with Crippen molar-refractivity contribution in [3.63, 3.8) is 0 Å². The van der Waals surface area contributed by atoms with Gasteiger partial charge in [0.15, 0.2) is 0 Å². The molecule has 4 rings (SSSR count). The smallest absolute Gasteiger partial charge is 0.264 e. The van der Waals surface area contributed by atoms with E-state index >= 15 is 0 Å². The Morgan fingerprint density at radius 1 is 0.976 bits per heavy atom. The standard InChI is InChI=1S/C32H38ClN3O5S/c1-23-29(33)15-10-16-30(23)36(42(39,40)28-13-8-5-9-14-28)22-31(37)35(21-25-17-19-27(41-3)20-18-25)24(2)32(38)34-26-11-6-4-7-12-26/h5,8-10,13-20,24,26H,4,6-7,11-12,21-22H2,1-3H3,(H,34,38). The Labute approximate surface area is 253 Å². The minimum atomic E-state index is -4.16. The highest BCUT2D eigenvalue weighted by molar-refractivity contribution is 7.92. The molecule has 3 aromatic rings. The summed E-state index contributed by atoms with van der Waals surface area (Å²) in [5.41, 5.74) is 1.59. The van der Waals surface area contributed by atoms with Gasteiger partial charge in [0.1, 0.15) is 18.3 Å². The molecule has 1 saturated carbocycles. The third-order valence-electron chi connectivity index (χ3n) is 7.75. The average molecular weight is 612 g/mol. The summed E-state index contributed by atoms with van der Waals surface area (Å²) in [7, 11) is -2.59. The van der Waals surface area contributed by atoms with Gasteiger partial charge in [-0.15, -0.1) is 0 Å². The molecule has 10 heteroatoms. The maximum absolute atomic E-state index is 14.1. The van der Waals surface area contributed by atoms with Gasteiger partial charge in [0.2, 0.25) is 11.8 Å². The van der Waals surface area contributed by atoms with Gasteiger partial charge >= 0.3 is 0 Å². The predicted octanol–water partition coefficient (Wildman–Crippen LogP) is 5.72. The summed E-state index contributed by atoms with van der Waals surface area (Å²) in [6.07, 6.45) is 5.07. The van der Waals surface area contributed by atoms with Crippen molar-refractivity contribution >= 4 is 39.1 Å². The second-order valence-corrected chi connectivity index (χ2v) is 12.9. The van der Waals surface area contributed by atoms with Crippen molar-refractivity contribution in [1.29, 1.82) is 0 Å². The minimum absolute atomic E-state index is 0.0435. The molecule has 3 aromatic carbocycles. The Kier molecular flexibility index (Phi) is 10.5. The molecule has 0 aliphatic heterocycles. The molecule has 2 amide bonds. The van der Waals surface area contributed by atoms with Gasteiger partial charge in [0.05, 0.1) is 17.7 Å². The van der Waals surface area contributed by atoms with Crippen molar-refractivity contribution in [3.8, 4) is 5.75 Å². The van der Waals surface area contributed by atoms with Gasteiger partial charge in [0.25, 0.3) is 10.0 Å². The molecule has 1 fully saturated rings. The summed E-state index contributed by atoms with van der Waals surface area (Å²) in [6, 6.07) is 19.3. The maximum Gasteiger partial charge on any atom is 0.264 e. The normalized spacial score (nSPS) is 14.6. The summed E-state index contributed by atoms with van der Waals surface area (Å²) in [6.45, 7) is 2.98. The van der Waals surface area contributed by atoms with Crippen LogP contribution in [0.5, 0.6) is 5.75 Å². The zero-order valence-electron chi connectivity index (χ0n) is 24.3. The molecule has 0 saturated heterocycles. The number of nitrogens with zero attached hydrogens (tertiary/aromatic N) is 2. The van der Waals surface area contributed by atoms with E-state index in [1.54, 1.807) is 69.5 Å². The van der Waals surface area contributed by atoms with Gasteiger partial charge in [-0.05, 0) is 74.2 Å². The lowest BCUT2D eigenvalue weighted by Gasteiger charge is -2.33. The van der Waals surface area contributed by atoms with Crippen molar-refractivity contribution < 1.29 is 22.7 Å². The lowest BCUT2D eigenvalue weighted by Crippen LogP contribution is -2.53. The second-order valence-electron chi connectivity index (χ2n) is 10.6. The summed E-state index contributed by atoms with van der Waals surface area (Å²) in [5.74, 6) is -0.118. The van der Waals surface area contributed by atoms with Crippen molar-refractivity contribution in [2.45, 2.75) is 69.5 Å². The lowest BCUT2D eigenvalue weighted by atomic mass is 9.95. The molecule has 0 bridgehead atoms. The van der Waals surface area contributed by atoms with Gasteiger partial charge in [-0.3, -0.25) is 13.9 Å². The number of sulfonamides is 1. The van der Waals surface area contributed by atoms with Crippen molar-refractivity contribution in [2.75, 3.05) is 18.0 Å². The Morgan fingerprint density at radius 3 is 2.29 bits per heavy atom. The van der Waals surface area contributed by atoms with E-state index in [0.717, 1.165) is 42.0 Å². The molecule has 1 aliphatic carbocycles. The first-order valence-electron chi connectivity index (χ1n) is 14.2. The van der Waals surface area contributed by atoms with Crippen LogP contribution in [-0.2, 0) is 26.2 Å². The van der Waals surface area contributed by atoms with E-state index in [1.807, 2.05) is 12.1 Å². The molecule has 0 aromatic heterocycles. The number of benzene rings is 3. The highest BCUT2D eigenvalue weighted by Crippen LogP contribution is 2.31. The molecule has 1 aliphatic rings. The molecule has 0 spiro atoms. The van der Waals surface area contributed by atoms with Crippen LogP contribution in [0.4, 0.5) is 5.69 Å². The summed E-state index contributed by atoms with van der Waals surface area (Å²) < 4.78 is 34.3. The number of rotatable bonds is 11.